The minimum absolute atomic E-state index is 0.0982. The first-order valence-electron chi connectivity index (χ1n) is 6.76. The number of ether oxygens (including phenoxy) is 1. The van der Waals surface area contributed by atoms with Crippen molar-refractivity contribution in [3.63, 3.8) is 0 Å². The lowest BCUT2D eigenvalue weighted by Gasteiger charge is -2.04. The average Bonchev–Trinajstić information content (AvgIpc) is 3.06. The van der Waals surface area contributed by atoms with Gasteiger partial charge in [-0.2, -0.15) is 0 Å². The molecule has 3 heterocycles. The van der Waals surface area contributed by atoms with E-state index >= 15 is 0 Å². The van der Waals surface area contributed by atoms with E-state index < -0.39 is 17.4 Å². The number of rotatable bonds is 2. The molecule has 1 aromatic carbocycles. The number of carbonyl (C=O) groups is 1. The summed E-state index contributed by atoms with van der Waals surface area (Å²) in [4.78, 5) is 23.4. The topological polar surface area (TPSA) is 56.5 Å². The van der Waals surface area contributed by atoms with Crippen LogP contribution in [0.25, 0.3) is 21.1 Å². The van der Waals surface area contributed by atoms with Crippen LogP contribution in [0.15, 0.2) is 47.1 Å². The van der Waals surface area contributed by atoms with Crippen LogP contribution in [0.2, 0.25) is 0 Å². The lowest BCUT2D eigenvalue weighted by atomic mass is 10.2. The molecule has 126 valence electrons. The molecule has 0 aliphatic rings. The molecule has 0 aliphatic heterocycles. The summed E-state index contributed by atoms with van der Waals surface area (Å²) in [5.74, 6) is -1.15. The quantitative estimate of drug-likeness (QED) is 0.192. The molecule has 0 fully saturated rings. The van der Waals surface area contributed by atoms with Crippen LogP contribution in [0.4, 0.5) is 4.39 Å². The van der Waals surface area contributed by atoms with E-state index in [0.29, 0.717) is 24.8 Å². The number of benzene rings is 1. The van der Waals surface area contributed by atoms with Gasteiger partial charge in [-0.3, -0.25) is 0 Å². The van der Waals surface area contributed by atoms with Gasteiger partial charge >= 0.3 is 11.6 Å². The standard InChI is InChI=1S/C16H5Br2FO4S2/c17-14-10-11(19)13(24-12(10)15(18)25-14)16(21)22-7-2-3-8-6(5-7)1-4-9(20)23-8/h1-5H. The number of carbonyl (C=O) groups excluding carboxylic acids is 1. The molecule has 0 saturated carbocycles. The van der Waals surface area contributed by atoms with E-state index in [2.05, 4.69) is 31.9 Å². The Morgan fingerprint density at radius 2 is 1.92 bits per heavy atom. The zero-order valence-electron chi connectivity index (χ0n) is 12.0. The van der Waals surface area contributed by atoms with Crippen LogP contribution >= 0.6 is 54.5 Å². The highest BCUT2D eigenvalue weighted by molar-refractivity contribution is 9.12. The van der Waals surface area contributed by atoms with E-state index in [1.807, 2.05) is 0 Å². The highest BCUT2D eigenvalue weighted by atomic mass is 79.9. The molecule has 0 atom stereocenters. The van der Waals surface area contributed by atoms with E-state index in [-0.39, 0.29) is 10.6 Å². The molecule has 0 radical (unpaired) electrons. The number of halogens is 3. The molecule has 4 rings (SSSR count). The van der Waals surface area contributed by atoms with Gasteiger partial charge in [0.05, 0.1) is 17.7 Å². The molecule has 0 amide bonds. The molecule has 0 unspecified atom stereocenters. The van der Waals surface area contributed by atoms with E-state index in [9.17, 15) is 14.0 Å². The Kier molecular flexibility index (Phi) is 4.27. The molecule has 0 saturated heterocycles. The van der Waals surface area contributed by atoms with Crippen LogP contribution in [-0.2, 0) is 0 Å². The minimum Gasteiger partial charge on any atom is -0.423 e. The maximum Gasteiger partial charge on any atom is 0.356 e. The highest BCUT2D eigenvalue weighted by Gasteiger charge is 2.25. The first-order chi connectivity index (χ1) is 11.9. The van der Waals surface area contributed by atoms with Crippen molar-refractivity contribution in [1.82, 2.24) is 0 Å². The fourth-order valence-electron chi connectivity index (χ4n) is 2.30. The number of hydrogen-bond donors (Lipinski definition) is 0. The van der Waals surface area contributed by atoms with Gasteiger partial charge in [-0.05, 0) is 56.1 Å². The van der Waals surface area contributed by atoms with Crippen LogP contribution in [0, 0.1) is 5.82 Å². The smallest absolute Gasteiger partial charge is 0.356 e. The summed E-state index contributed by atoms with van der Waals surface area (Å²) in [6.45, 7) is 0. The Morgan fingerprint density at radius 1 is 1.12 bits per heavy atom. The minimum atomic E-state index is -0.778. The first-order valence-corrected chi connectivity index (χ1v) is 9.98. The molecule has 0 spiro atoms. The van der Waals surface area contributed by atoms with Crippen molar-refractivity contribution in [3.05, 3.63) is 59.0 Å². The first kappa shape index (κ1) is 16.9. The number of hydrogen-bond acceptors (Lipinski definition) is 6. The highest BCUT2D eigenvalue weighted by Crippen LogP contribution is 2.45. The summed E-state index contributed by atoms with van der Waals surface area (Å²) >= 11 is 9.03. The monoisotopic (exact) mass is 502 g/mol. The molecule has 4 aromatic rings. The van der Waals surface area contributed by atoms with Gasteiger partial charge < -0.3 is 9.15 Å². The largest absolute Gasteiger partial charge is 0.423 e. The molecule has 4 nitrogen and oxygen atoms in total. The summed E-state index contributed by atoms with van der Waals surface area (Å²) in [5.41, 5.74) is -0.0865. The maximum absolute atomic E-state index is 14.6. The molecule has 0 aliphatic carbocycles. The van der Waals surface area contributed by atoms with E-state index in [0.717, 1.165) is 15.1 Å². The van der Waals surface area contributed by atoms with Crippen LogP contribution in [0.5, 0.6) is 5.75 Å². The lowest BCUT2D eigenvalue weighted by molar-refractivity contribution is 0.0736. The predicted molar refractivity (Wildman–Crippen MR) is 103 cm³/mol. The fraction of sp³-hybridized carbons (Fsp3) is 0. The third-order valence-corrected chi connectivity index (χ3v) is 7.48. The van der Waals surface area contributed by atoms with E-state index in [1.54, 1.807) is 12.1 Å². The summed E-state index contributed by atoms with van der Waals surface area (Å²) in [6, 6.07) is 7.40. The van der Waals surface area contributed by atoms with Crippen LogP contribution in [0.1, 0.15) is 9.67 Å². The van der Waals surface area contributed by atoms with Gasteiger partial charge in [-0.15, -0.1) is 22.7 Å². The van der Waals surface area contributed by atoms with Gasteiger partial charge in [0.1, 0.15) is 16.2 Å². The van der Waals surface area contributed by atoms with Crippen molar-refractivity contribution < 1.29 is 18.3 Å². The summed E-state index contributed by atoms with van der Waals surface area (Å²) < 4.78 is 26.9. The Bertz CT molecular complexity index is 1210. The Morgan fingerprint density at radius 3 is 2.68 bits per heavy atom. The molecule has 0 N–H and O–H groups in total. The lowest BCUT2D eigenvalue weighted by Crippen LogP contribution is -2.08. The fourth-order valence-corrected chi connectivity index (χ4v) is 6.72. The summed E-state index contributed by atoms with van der Waals surface area (Å²) in [7, 11) is 0. The van der Waals surface area contributed by atoms with Crippen LogP contribution in [0.3, 0.4) is 0 Å². The van der Waals surface area contributed by atoms with E-state index in [1.165, 1.54) is 29.5 Å². The van der Waals surface area contributed by atoms with Gasteiger partial charge in [0.15, 0.2) is 5.82 Å². The normalized spacial score (nSPS) is 11.3. The van der Waals surface area contributed by atoms with Crippen molar-refractivity contribution in [3.8, 4) is 5.75 Å². The number of esters is 1. The average molecular weight is 504 g/mol. The van der Waals surface area contributed by atoms with Gasteiger partial charge in [0.2, 0.25) is 0 Å². The van der Waals surface area contributed by atoms with Gasteiger partial charge in [-0.1, -0.05) is 0 Å². The van der Waals surface area contributed by atoms with Crippen molar-refractivity contribution >= 4 is 81.6 Å². The molecular weight excluding hydrogens is 499 g/mol. The van der Waals surface area contributed by atoms with Crippen molar-refractivity contribution in [2.45, 2.75) is 0 Å². The Labute approximate surface area is 164 Å². The second-order valence-electron chi connectivity index (χ2n) is 4.94. The number of fused-ring (bicyclic) bond motifs is 2. The third-order valence-electron chi connectivity index (χ3n) is 3.39. The zero-order chi connectivity index (χ0) is 17.7. The zero-order valence-corrected chi connectivity index (χ0v) is 16.8. The molecule has 3 aromatic heterocycles. The van der Waals surface area contributed by atoms with Crippen LogP contribution in [-0.4, -0.2) is 5.97 Å². The molecule has 9 heteroatoms. The summed E-state index contributed by atoms with van der Waals surface area (Å²) in [5, 5.41) is 0.969. The SMILES string of the molecule is O=C(Oc1ccc2oc(=O)ccc2c1)c1sc2c(Br)sc(Br)c2c1F. The molecule has 0 bridgehead atoms. The van der Waals surface area contributed by atoms with Gasteiger partial charge in [0, 0.05) is 11.5 Å². The van der Waals surface area contributed by atoms with Gasteiger partial charge in [0.25, 0.3) is 0 Å². The van der Waals surface area contributed by atoms with Crippen molar-refractivity contribution in [2.24, 2.45) is 0 Å². The second-order valence-corrected chi connectivity index (χ2v) is 9.62. The van der Waals surface area contributed by atoms with Gasteiger partial charge in [-0.25, -0.2) is 14.0 Å². The van der Waals surface area contributed by atoms with E-state index in [4.69, 9.17) is 9.15 Å². The van der Waals surface area contributed by atoms with Crippen molar-refractivity contribution in [1.29, 1.82) is 0 Å². The molecular formula is C16H5Br2FO4S2. The summed E-state index contributed by atoms with van der Waals surface area (Å²) in [6.07, 6.45) is 0. The predicted octanol–water partition coefficient (Wildman–Crippen LogP) is 5.95. The Balaban J connectivity index is 1.70. The third kappa shape index (κ3) is 2.95. The molecule has 25 heavy (non-hydrogen) atoms. The van der Waals surface area contributed by atoms with Crippen molar-refractivity contribution in [2.75, 3.05) is 0 Å². The van der Waals surface area contributed by atoms with Crippen LogP contribution < -0.4 is 10.4 Å². The number of thiophene rings is 2. The maximum atomic E-state index is 14.6. The second kappa shape index (κ2) is 6.31. The Hall–Kier alpha value is -1.55.